The molecular weight excluding hydrogens is 374 g/mol. The molecule has 2 aliphatic heterocycles. The molecule has 2 amide bonds. The van der Waals surface area contributed by atoms with Crippen LogP contribution in [0.4, 0.5) is 0 Å². The normalized spacial score (nSPS) is 18.0. The van der Waals surface area contributed by atoms with Crippen LogP contribution in [0, 0.1) is 5.92 Å². The van der Waals surface area contributed by atoms with E-state index in [-0.39, 0.29) is 11.8 Å². The van der Waals surface area contributed by atoms with Crippen LogP contribution in [0.3, 0.4) is 0 Å². The molecule has 0 aromatic heterocycles. The maximum atomic E-state index is 12.6. The van der Waals surface area contributed by atoms with Crippen molar-refractivity contribution in [1.82, 2.24) is 14.7 Å². The number of halogens is 1. The first-order valence-electron chi connectivity index (χ1n) is 9.93. The molecule has 1 aromatic rings. The van der Waals surface area contributed by atoms with Crippen LogP contribution >= 0.6 is 11.8 Å². The van der Waals surface area contributed by atoms with Crippen molar-refractivity contribution in [3.05, 3.63) is 53.7 Å². The van der Waals surface area contributed by atoms with Gasteiger partial charge in [0, 0.05) is 35.6 Å². The monoisotopic (exact) mass is 397 g/mol. The smallest absolute Gasteiger partial charge is 0.257 e. The SMILES string of the molecule is O=C(NCl)C(CC1CCCCC1)N1Cc2ccccc2C1=O.c1cc2ncc1-2. The van der Waals surface area contributed by atoms with E-state index < -0.39 is 6.04 Å². The minimum Gasteiger partial charge on any atom is -0.322 e. The Labute approximate surface area is 170 Å². The van der Waals surface area contributed by atoms with Crippen molar-refractivity contribution in [3.8, 4) is 11.3 Å². The number of carbonyl (C=O) groups excluding carboxylic acids is 2. The second kappa shape index (κ2) is 8.31. The van der Waals surface area contributed by atoms with Gasteiger partial charge in [0.05, 0.1) is 5.69 Å². The number of pyridine rings is 1. The zero-order valence-corrected chi connectivity index (χ0v) is 16.5. The number of nitrogens with zero attached hydrogens (tertiary/aromatic N) is 2. The molecule has 0 saturated heterocycles. The Morgan fingerprint density at radius 1 is 1.18 bits per heavy atom. The molecule has 1 N–H and O–H groups in total. The fourth-order valence-corrected chi connectivity index (χ4v) is 4.39. The Hall–Kier alpha value is -2.40. The van der Waals surface area contributed by atoms with E-state index in [4.69, 9.17) is 11.8 Å². The third-order valence-electron chi connectivity index (χ3n) is 5.96. The van der Waals surface area contributed by atoms with Crippen LogP contribution in [0.5, 0.6) is 0 Å². The number of benzene rings is 1. The van der Waals surface area contributed by atoms with Gasteiger partial charge in [0.25, 0.3) is 11.8 Å². The molecular formula is C22H24ClN3O2. The predicted molar refractivity (Wildman–Crippen MR) is 109 cm³/mol. The highest BCUT2D eigenvalue weighted by Gasteiger charge is 2.37. The van der Waals surface area contributed by atoms with Gasteiger partial charge in [-0.25, -0.2) is 0 Å². The third kappa shape index (κ3) is 3.76. The van der Waals surface area contributed by atoms with Crippen molar-refractivity contribution < 1.29 is 9.59 Å². The first-order chi connectivity index (χ1) is 13.7. The topological polar surface area (TPSA) is 62.3 Å². The molecule has 6 heteroatoms. The lowest BCUT2D eigenvalue weighted by Gasteiger charge is -2.31. The van der Waals surface area contributed by atoms with Crippen LogP contribution < -0.4 is 4.84 Å². The highest BCUT2D eigenvalue weighted by molar-refractivity contribution is 6.22. The van der Waals surface area contributed by atoms with Crippen molar-refractivity contribution in [1.29, 1.82) is 0 Å². The molecule has 1 aromatic carbocycles. The van der Waals surface area contributed by atoms with E-state index in [1.54, 1.807) is 4.90 Å². The van der Waals surface area contributed by atoms with Crippen molar-refractivity contribution in [2.75, 3.05) is 0 Å². The average molecular weight is 398 g/mol. The van der Waals surface area contributed by atoms with Crippen LogP contribution in [-0.2, 0) is 11.3 Å². The van der Waals surface area contributed by atoms with Crippen LogP contribution in [0.2, 0.25) is 0 Å². The molecule has 2 aliphatic carbocycles. The van der Waals surface area contributed by atoms with Crippen LogP contribution in [-0.4, -0.2) is 27.7 Å². The number of rotatable bonds is 4. The summed E-state index contributed by atoms with van der Waals surface area (Å²) in [6.07, 6.45) is 8.56. The molecule has 1 unspecified atom stereocenters. The zero-order valence-electron chi connectivity index (χ0n) is 15.7. The summed E-state index contributed by atoms with van der Waals surface area (Å²) in [5.41, 5.74) is 4.19. The van der Waals surface area contributed by atoms with Gasteiger partial charge in [0.1, 0.15) is 6.04 Å². The number of hydrogen-bond donors (Lipinski definition) is 1. The van der Waals surface area contributed by atoms with Crippen molar-refractivity contribution in [2.45, 2.75) is 51.1 Å². The van der Waals surface area contributed by atoms with Gasteiger partial charge in [-0.2, -0.15) is 0 Å². The maximum Gasteiger partial charge on any atom is 0.257 e. The predicted octanol–water partition coefficient (Wildman–Crippen LogP) is 4.31. The summed E-state index contributed by atoms with van der Waals surface area (Å²) < 4.78 is 0. The molecule has 0 bridgehead atoms. The van der Waals surface area contributed by atoms with Gasteiger partial charge >= 0.3 is 0 Å². The molecule has 146 valence electrons. The van der Waals surface area contributed by atoms with Gasteiger partial charge in [-0.05, 0) is 36.1 Å². The summed E-state index contributed by atoms with van der Waals surface area (Å²) in [5.74, 6) is 0.175. The summed E-state index contributed by atoms with van der Waals surface area (Å²) in [7, 11) is 0. The number of aromatic nitrogens is 1. The summed E-state index contributed by atoms with van der Waals surface area (Å²) in [6.45, 7) is 0.497. The number of nitrogens with one attached hydrogen (secondary N) is 1. The zero-order chi connectivity index (χ0) is 19.5. The average Bonchev–Trinajstić information content (AvgIpc) is 3.06. The van der Waals surface area contributed by atoms with Crippen LogP contribution in [0.15, 0.2) is 42.6 Å². The van der Waals surface area contributed by atoms with E-state index in [1.807, 2.05) is 36.5 Å². The minimum absolute atomic E-state index is 0.0586. The van der Waals surface area contributed by atoms with Crippen molar-refractivity contribution in [3.63, 3.8) is 0 Å². The quantitative estimate of drug-likeness (QED) is 0.667. The first-order valence-corrected chi connectivity index (χ1v) is 10.3. The highest BCUT2D eigenvalue weighted by atomic mass is 35.5. The Balaban J connectivity index is 0.000000268. The van der Waals surface area contributed by atoms with Crippen LogP contribution in [0.1, 0.15) is 54.4 Å². The fourth-order valence-electron chi connectivity index (χ4n) is 4.26. The highest BCUT2D eigenvalue weighted by Crippen LogP contribution is 2.32. The number of amides is 2. The summed E-state index contributed by atoms with van der Waals surface area (Å²) >= 11 is 5.56. The summed E-state index contributed by atoms with van der Waals surface area (Å²) in [6, 6.07) is 11.2. The molecule has 2 heterocycles. The molecule has 28 heavy (non-hydrogen) atoms. The van der Waals surface area contributed by atoms with E-state index in [2.05, 4.69) is 15.9 Å². The molecule has 0 spiro atoms. The van der Waals surface area contributed by atoms with E-state index >= 15 is 0 Å². The second-order valence-electron chi connectivity index (χ2n) is 7.74. The van der Waals surface area contributed by atoms with Crippen molar-refractivity contribution >= 4 is 23.6 Å². The molecule has 1 saturated carbocycles. The maximum absolute atomic E-state index is 12.6. The molecule has 5 rings (SSSR count). The van der Waals surface area contributed by atoms with Gasteiger partial charge in [-0.1, -0.05) is 50.3 Å². The number of hydrogen-bond acceptors (Lipinski definition) is 3. The standard InChI is InChI=1S/C17H21ClN2O2.C5H3N/c18-19-16(21)15(10-12-6-2-1-3-7-12)20-11-13-8-4-5-9-14(13)17(20)22;1-2-5-4(1)3-6-5/h4-5,8-9,12,15H,1-3,6-7,10-11H2,(H,19,21);1-3H. The Morgan fingerprint density at radius 3 is 2.46 bits per heavy atom. The Morgan fingerprint density at radius 2 is 1.93 bits per heavy atom. The first kappa shape index (κ1) is 18.9. The molecule has 1 atom stereocenters. The number of carbonyl (C=O) groups is 2. The van der Waals surface area contributed by atoms with Gasteiger partial charge < -0.3 is 4.90 Å². The molecule has 4 aliphatic rings. The fraction of sp³-hybridized carbons (Fsp3) is 0.409. The molecule has 1 fully saturated rings. The van der Waals surface area contributed by atoms with Gasteiger partial charge in [0.2, 0.25) is 0 Å². The lowest BCUT2D eigenvalue weighted by atomic mass is 9.84. The van der Waals surface area contributed by atoms with Crippen LogP contribution in [0.25, 0.3) is 11.3 Å². The molecule has 0 radical (unpaired) electrons. The van der Waals surface area contributed by atoms with E-state index in [9.17, 15) is 9.59 Å². The number of fused-ring (bicyclic) bond motifs is 2. The Kier molecular flexibility index (Phi) is 5.62. The largest absolute Gasteiger partial charge is 0.322 e. The minimum atomic E-state index is -0.472. The lowest BCUT2D eigenvalue weighted by molar-refractivity contribution is -0.124. The van der Waals surface area contributed by atoms with Gasteiger partial charge in [-0.3, -0.25) is 19.4 Å². The Bertz CT molecular complexity index is 841. The molecule has 5 nitrogen and oxygen atoms in total. The summed E-state index contributed by atoms with van der Waals surface area (Å²) in [5, 5.41) is 0. The van der Waals surface area contributed by atoms with Gasteiger partial charge in [-0.15, -0.1) is 0 Å². The van der Waals surface area contributed by atoms with Crippen molar-refractivity contribution in [2.24, 2.45) is 5.92 Å². The van der Waals surface area contributed by atoms with Gasteiger partial charge in [0.15, 0.2) is 0 Å². The third-order valence-corrected chi connectivity index (χ3v) is 6.15. The van der Waals surface area contributed by atoms with E-state index in [1.165, 1.54) is 30.5 Å². The summed E-state index contributed by atoms with van der Waals surface area (Å²) in [4.78, 5) is 32.6. The second-order valence-corrected chi connectivity index (χ2v) is 7.93. The van der Waals surface area contributed by atoms with E-state index in [0.717, 1.165) is 18.4 Å². The van der Waals surface area contributed by atoms with E-state index in [0.29, 0.717) is 24.4 Å². The lowest BCUT2D eigenvalue weighted by Crippen LogP contribution is -2.46.